The summed E-state index contributed by atoms with van der Waals surface area (Å²) >= 11 is 0. The fourth-order valence-corrected chi connectivity index (χ4v) is 10.5. The summed E-state index contributed by atoms with van der Waals surface area (Å²) in [5, 5.41) is 0. The number of rotatable bonds is 22. The highest BCUT2D eigenvalue weighted by atomic mass is 28.4. The van der Waals surface area contributed by atoms with Crippen molar-refractivity contribution in [3.05, 3.63) is 75.9 Å². The van der Waals surface area contributed by atoms with Gasteiger partial charge in [0.2, 0.25) is 16.6 Å². The lowest BCUT2D eigenvalue weighted by Crippen LogP contribution is -2.48. The molecule has 0 fully saturated rings. The average molecular weight is 489 g/mol. The van der Waals surface area contributed by atoms with Crippen molar-refractivity contribution in [2.75, 3.05) is 13.2 Å². The highest BCUT2D eigenvalue weighted by Gasteiger charge is 2.42. The molecule has 0 aliphatic carbocycles. The molecule has 188 valence electrons. The average Bonchev–Trinajstić information content (AvgIpc) is 2.74. The summed E-state index contributed by atoms with van der Waals surface area (Å²) in [6.45, 7) is 34.8. The van der Waals surface area contributed by atoms with Crippen LogP contribution in [0.1, 0.15) is 40.5 Å². The zero-order chi connectivity index (χ0) is 25.4. The first kappa shape index (κ1) is 31.8. The Hall–Kier alpha value is -1.21. The van der Waals surface area contributed by atoms with Crippen LogP contribution < -0.4 is 0 Å². The summed E-state index contributed by atoms with van der Waals surface area (Å²) in [5.74, 6) is 1.07. The lowest BCUT2D eigenvalue weighted by atomic mass is 9.74. The van der Waals surface area contributed by atoms with Crippen molar-refractivity contribution in [2.24, 2.45) is 17.3 Å². The van der Waals surface area contributed by atoms with Crippen molar-refractivity contribution in [3.63, 3.8) is 0 Å². The third kappa shape index (κ3) is 10.7. The van der Waals surface area contributed by atoms with E-state index in [0.29, 0.717) is 25.0 Å². The van der Waals surface area contributed by atoms with E-state index >= 15 is 0 Å². The molecule has 0 radical (unpaired) electrons. The van der Waals surface area contributed by atoms with Gasteiger partial charge in [0.05, 0.1) is 0 Å². The highest BCUT2D eigenvalue weighted by Crippen LogP contribution is 2.39. The van der Waals surface area contributed by atoms with Gasteiger partial charge in [-0.1, -0.05) is 70.6 Å². The predicted molar refractivity (Wildman–Crippen MR) is 155 cm³/mol. The van der Waals surface area contributed by atoms with Gasteiger partial charge in [0.25, 0.3) is 0 Å². The van der Waals surface area contributed by atoms with Crippen LogP contribution in [0.2, 0.25) is 36.3 Å². The topological polar surface area (TPSA) is 18.5 Å². The first-order chi connectivity index (χ1) is 15.6. The smallest absolute Gasteiger partial charge is 0.203 e. The van der Waals surface area contributed by atoms with E-state index in [0.717, 1.165) is 49.1 Å². The molecule has 0 bridgehead atoms. The SMILES string of the molecule is C=CC[Si](CC=C)(CC=C)OCC(CCC(C)C)(CO[Si](CC=C)(CC=C)CC=C)C(C)C. The lowest BCUT2D eigenvalue weighted by molar-refractivity contribution is 0.0168. The number of allylic oxidation sites excluding steroid dienone is 6. The van der Waals surface area contributed by atoms with Crippen molar-refractivity contribution >= 4 is 16.6 Å². The van der Waals surface area contributed by atoms with Gasteiger partial charge in [0.15, 0.2) is 0 Å². The maximum atomic E-state index is 6.96. The monoisotopic (exact) mass is 488 g/mol. The van der Waals surface area contributed by atoms with Gasteiger partial charge in [0, 0.05) is 18.6 Å². The number of hydrogen-bond acceptors (Lipinski definition) is 2. The van der Waals surface area contributed by atoms with Gasteiger partial charge in [-0.05, 0) is 54.5 Å². The Kier molecular flexibility index (Phi) is 15.8. The highest BCUT2D eigenvalue weighted by molar-refractivity contribution is 6.75. The Morgan fingerprint density at radius 2 is 0.909 bits per heavy atom. The minimum Gasteiger partial charge on any atom is -0.415 e. The molecule has 0 atom stereocenters. The largest absolute Gasteiger partial charge is 0.415 e. The summed E-state index contributed by atoms with van der Waals surface area (Å²) in [6.07, 6.45) is 14.3. The Bertz CT molecular complexity index is 526. The molecule has 0 heterocycles. The predicted octanol–water partition coefficient (Wildman–Crippen LogP) is 9.11. The van der Waals surface area contributed by atoms with Crippen LogP contribution in [0.5, 0.6) is 0 Å². The fourth-order valence-electron chi connectivity index (χ4n) is 4.41. The fraction of sp³-hybridized carbons (Fsp3) is 0.586. The number of hydrogen-bond donors (Lipinski definition) is 0. The van der Waals surface area contributed by atoms with E-state index < -0.39 is 16.6 Å². The molecule has 0 N–H and O–H groups in total. The quantitative estimate of drug-likeness (QED) is 0.112. The maximum absolute atomic E-state index is 6.96. The van der Waals surface area contributed by atoms with Crippen LogP contribution in [0, 0.1) is 17.3 Å². The van der Waals surface area contributed by atoms with E-state index in [9.17, 15) is 0 Å². The van der Waals surface area contributed by atoms with E-state index in [-0.39, 0.29) is 5.41 Å². The molecule has 2 nitrogen and oxygen atoms in total. The Balaban J connectivity index is 6.10. The van der Waals surface area contributed by atoms with Crippen LogP contribution in [0.4, 0.5) is 0 Å². The molecule has 0 aliphatic heterocycles. The van der Waals surface area contributed by atoms with Gasteiger partial charge in [-0.2, -0.15) is 0 Å². The van der Waals surface area contributed by atoms with E-state index in [4.69, 9.17) is 8.85 Å². The third-order valence-corrected chi connectivity index (χ3v) is 14.6. The second-order valence-corrected chi connectivity index (χ2v) is 18.1. The van der Waals surface area contributed by atoms with Gasteiger partial charge in [0.1, 0.15) is 0 Å². The van der Waals surface area contributed by atoms with Gasteiger partial charge in [-0.3, -0.25) is 0 Å². The third-order valence-electron chi connectivity index (χ3n) is 6.87. The van der Waals surface area contributed by atoms with Crippen molar-refractivity contribution < 1.29 is 8.85 Å². The first-order valence-electron chi connectivity index (χ1n) is 12.6. The van der Waals surface area contributed by atoms with Gasteiger partial charge >= 0.3 is 0 Å². The van der Waals surface area contributed by atoms with E-state index in [2.05, 4.69) is 67.2 Å². The molecular weight excluding hydrogens is 436 g/mol. The van der Waals surface area contributed by atoms with Crippen LogP contribution in [-0.2, 0) is 8.85 Å². The van der Waals surface area contributed by atoms with Crippen LogP contribution in [0.3, 0.4) is 0 Å². The summed E-state index contributed by atoms with van der Waals surface area (Å²) in [7, 11) is -4.15. The second-order valence-electron chi connectivity index (χ2n) is 10.3. The van der Waals surface area contributed by atoms with Crippen LogP contribution in [0.25, 0.3) is 0 Å². The summed E-state index contributed by atoms with van der Waals surface area (Å²) in [6, 6.07) is 5.45. The minimum atomic E-state index is -2.07. The van der Waals surface area contributed by atoms with Crippen LogP contribution in [0.15, 0.2) is 75.9 Å². The summed E-state index contributed by atoms with van der Waals surface area (Å²) in [4.78, 5) is 0. The summed E-state index contributed by atoms with van der Waals surface area (Å²) < 4.78 is 13.9. The van der Waals surface area contributed by atoms with Crippen LogP contribution in [-0.4, -0.2) is 29.8 Å². The molecule has 0 saturated carbocycles. The molecular formula is C29H52O2Si2. The van der Waals surface area contributed by atoms with Crippen molar-refractivity contribution in [1.82, 2.24) is 0 Å². The van der Waals surface area contributed by atoms with Gasteiger partial charge < -0.3 is 8.85 Å². The van der Waals surface area contributed by atoms with Crippen LogP contribution >= 0.6 is 0 Å². The minimum absolute atomic E-state index is 0.0478. The Labute approximate surface area is 208 Å². The van der Waals surface area contributed by atoms with Crippen molar-refractivity contribution in [2.45, 2.75) is 76.8 Å². The molecule has 4 heteroatoms. The zero-order valence-corrected chi connectivity index (χ0v) is 24.2. The molecule has 0 saturated heterocycles. The molecule has 0 aromatic rings. The van der Waals surface area contributed by atoms with Gasteiger partial charge in [-0.25, -0.2) is 0 Å². The van der Waals surface area contributed by atoms with E-state index in [1.165, 1.54) is 0 Å². The van der Waals surface area contributed by atoms with E-state index in [1.807, 2.05) is 36.5 Å². The maximum Gasteiger partial charge on any atom is 0.203 e. The normalized spacial score (nSPS) is 12.5. The molecule has 0 amide bonds. The van der Waals surface area contributed by atoms with Crippen molar-refractivity contribution in [3.8, 4) is 0 Å². The first-order valence-corrected chi connectivity index (χ1v) is 17.6. The molecule has 0 unspecified atom stereocenters. The molecule has 0 aromatic heterocycles. The Morgan fingerprint density at radius 1 is 0.606 bits per heavy atom. The molecule has 33 heavy (non-hydrogen) atoms. The summed E-state index contributed by atoms with van der Waals surface area (Å²) in [5.41, 5.74) is -0.0478. The second kappa shape index (κ2) is 16.4. The molecule has 0 rings (SSSR count). The Morgan fingerprint density at radius 3 is 1.12 bits per heavy atom. The molecule has 0 spiro atoms. The lowest BCUT2D eigenvalue weighted by Gasteiger charge is -2.44. The molecule has 0 aliphatic rings. The standard InChI is InChI=1S/C29H52O2Si2/c1-11-19-32(20-12-2,21-13-3)30-25-29(28(9)10,18-17-27(7)8)26-31-33(22-14-4,23-15-5)24-16-6/h11-16,27-28H,1-6,17-26H2,7-10H3. The zero-order valence-electron chi connectivity index (χ0n) is 22.2. The van der Waals surface area contributed by atoms with Gasteiger partial charge in [-0.15, -0.1) is 39.5 Å². The van der Waals surface area contributed by atoms with E-state index in [1.54, 1.807) is 0 Å². The van der Waals surface area contributed by atoms with Crippen molar-refractivity contribution in [1.29, 1.82) is 0 Å². The molecule has 0 aromatic carbocycles.